The van der Waals surface area contributed by atoms with Crippen molar-refractivity contribution in [1.29, 1.82) is 0 Å². The molecule has 6 heteroatoms. The zero-order valence-corrected chi connectivity index (χ0v) is 16.1. The highest BCUT2D eigenvalue weighted by molar-refractivity contribution is 5.78. The van der Waals surface area contributed by atoms with Crippen molar-refractivity contribution >= 4 is 0 Å². The van der Waals surface area contributed by atoms with Crippen molar-refractivity contribution in [2.75, 3.05) is 14.2 Å². The maximum atomic E-state index is 5.78. The van der Waals surface area contributed by atoms with E-state index < -0.39 is 0 Å². The molecule has 1 aromatic heterocycles. The second-order valence-electron chi connectivity index (χ2n) is 6.16. The van der Waals surface area contributed by atoms with Gasteiger partial charge in [-0.25, -0.2) is 0 Å². The number of ether oxygens (including phenoxy) is 3. The lowest BCUT2D eigenvalue weighted by Gasteiger charge is -2.11. The summed E-state index contributed by atoms with van der Waals surface area (Å²) in [6.45, 7) is 0. The summed E-state index contributed by atoms with van der Waals surface area (Å²) in [7, 11) is 3.27. The Morgan fingerprint density at radius 1 is 0.552 bits per heavy atom. The number of aromatic nitrogens is 3. The van der Waals surface area contributed by atoms with Crippen molar-refractivity contribution in [1.82, 2.24) is 15.2 Å². The number of hydrogen-bond donors (Lipinski definition) is 0. The number of benzene rings is 3. The van der Waals surface area contributed by atoms with Crippen LogP contribution in [0.25, 0.3) is 22.5 Å². The molecule has 0 radical (unpaired) electrons. The molecule has 1 heterocycles. The fraction of sp³-hybridized carbons (Fsp3) is 0.0870. The molecule has 0 bridgehead atoms. The zero-order valence-electron chi connectivity index (χ0n) is 16.1. The maximum Gasteiger partial charge on any atom is 0.341 e. The summed E-state index contributed by atoms with van der Waals surface area (Å²) >= 11 is 0. The molecule has 0 saturated carbocycles. The summed E-state index contributed by atoms with van der Waals surface area (Å²) < 4.78 is 16.3. The van der Waals surface area contributed by atoms with Crippen molar-refractivity contribution in [3.8, 4) is 45.8 Å². The van der Waals surface area contributed by atoms with Crippen molar-refractivity contribution in [2.45, 2.75) is 0 Å². The first kappa shape index (κ1) is 18.4. The van der Waals surface area contributed by atoms with Crippen molar-refractivity contribution < 1.29 is 14.2 Å². The summed E-state index contributed by atoms with van der Waals surface area (Å²) in [4.78, 5) is 4.64. The first-order valence-electron chi connectivity index (χ1n) is 9.03. The predicted octanol–water partition coefficient (Wildman–Crippen LogP) is 5.02. The lowest BCUT2D eigenvalue weighted by atomic mass is 10.0. The molecule has 0 fully saturated rings. The van der Waals surface area contributed by atoms with Gasteiger partial charge in [-0.1, -0.05) is 23.3 Å². The van der Waals surface area contributed by atoms with Gasteiger partial charge in [0.25, 0.3) is 0 Å². The summed E-state index contributed by atoms with van der Waals surface area (Å²) in [5, 5.41) is 8.58. The number of rotatable bonds is 6. The van der Waals surface area contributed by atoms with Gasteiger partial charge in [0.05, 0.1) is 14.2 Å². The van der Waals surface area contributed by atoms with E-state index in [4.69, 9.17) is 14.2 Å². The minimum Gasteiger partial charge on any atom is -0.497 e. The highest BCUT2D eigenvalue weighted by Gasteiger charge is 2.15. The van der Waals surface area contributed by atoms with Gasteiger partial charge in [-0.05, 0) is 60.7 Å². The quantitative estimate of drug-likeness (QED) is 0.465. The third-order valence-corrected chi connectivity index (χ3v) is 4.35. The van der Waals surface area contributed by atoms with Crippen LogP contribution in [-0.4, -0.2) is 29.4 Å². The average molecular weight is 385 g/mol. The van der Waals surface area contributed by atoms with Crippen LogP contribution in [0.15, 0.2) is 78.9 Å². The van der Waals surface area contributed by atoms with E-state index in [0.717, 1.165) is 22.6 Å². The van der Waals surface area contributed by atoms with Gasteiger partial charge in [-0.15, -0.1) is 5.10 Å². The Labute approximate surface area is 168 Å². The Bertz CT molecular complexity index is 1080. The molecule has 0 aliphatic rings. The van der Waals surface area contributed by atoms with E-state index in [1.165, 1.54) is 0 Å². The Hall–Kier alpha value is -3.93. The van der Waals surface area contributed by atoms with Crippen LogP contribution in [0.1, 0.15) is 0 Å². The minimum atomic E-state index is 0.180. The minimum absolute atomic E-state index is 0.180. The van der Waals surface area contributed by atoms with Crippen LogP contribution in [0.4, 0.5) is 0 Å². The Morgan fingerprint density at radius 3 is 1.66 bits per heavy atom. The van der Waals surface area contributed by atoms with E-state index in [1.807, 2.05) is 78.9 Å². The maximum absolute atomic E-state index is 5.78. The van der Waals surface area contributed by atoms with Gasteiger partial charge in [0, 0.05) is 11.1 Å². The normalized spacial score (nSPS) is 10.4. The molecule has 0 saturated heterocycles. The Morgan fingerprint density at radius 2 is 1.10 bits per heavy atom. The number of hydrogen-bond acceptors (Lipinski definition) is 6. The molecule has 144 valence electrons. The average Bonchev–Trinajstić information content (AvgIpc) is 2.80. The highest BCUT2D eigenvalue weighted by atomic mass is 16.5. The molecular weight excluding hydrogens is 366 g/mol. The van der Waals surface area contributed by atoms with E-state index in [0.29, 0.717) is 17.1 Å². The molecule has 0 unspecified atom stereocenters. The van der Waals surface area contributed by atoms with Crippen LogP contribution >= 0.6 is 0 Å². The van der Waals surface area contributed by atoms with Gasteiger partial charge in [0.1, 0.15) is 28.6 Å². The van der Waals surface area contributed by atoms with Crippen LogP contribution in [0.2, 0.25) is 0 Å². The predicted molar refractivity (Wildman–Crippen MR) is 110 cm³/mol. The summed E-state index contributed by atoms with van der Waals surface area (Å²) in [5.41, 5.74) is 3.07. The van der Waals surface area contributed by atoms with E-state index >= 15 is 0 Å². The molecule has 0 N–H and O–H groups in total. The number of para-hydroxylation sites is 1. The standard InChI is InChI=1S/C23H19N3O3/c1-27-18-12-8-16(9-13-18)21-22(17-10-14-19(28-2)15-11-17)25-26-23(24-21)29-20-6-4-3-5-7-20/h3-15H,1-2H3. The highest BCUT2D eigenvalue weighted by Crippen LogP contribution is 2.32. The van der Waals surface area contributed by atoms with Gasteiger partial charge < -0.3 is 14.2 Å². The summed E-state index contributed by atoms with van der Waals surface area (Å²) in [6.07, 6.45) is 0. The topological polar surface area (TPSA) is 66.4 Å². The van der Waals surface area contributed by atoms with Crippen molar-refractivity contribution in [3.05, 3.63) is 78.9 Å². The first-order valence-corrected chi connectivity index (χ1v) is 9.03. The molecule has 0 spiro atoms. The fourth-order valence-corrected chi connectivity index (χ4v) is 2.84. The lowest BCUT2D eigenvalue weighted by molar-refractivity contribution is 0.414. The Kier molecular flexibility index (Phi) is 5.33. The van der Waals surface area contributed by atoms with Gasteiger partial charge in [0.2, 0.25) is 0 Å². The monoisotopic (exact) mass is 385 g/mol. The van der Waals surface area contributed by atoms with Crippen LogP contribution in [-0.2, 0) is 0 Å². The summed E-state index contributed by atoms with van der Waals surface area (Å²) in [5.74, 6) is 2.18. The van der Waals surface area contributed by atoms with E-state index in [2.05, 4.69) is 15.2 Å². The molecule has 0 atom stereocenters. The lowest BCUT2D eigenvalue weighted by Crippen LogP contribution is -2.00. The van der Waals surface area contributed by atoms with E-state index in [-0.39, 0.29) is 6.01 Å². The SMILES string of the molecule is COc1ccc(-c2nnc(Oc3ccccc3)nc2-c2ccc(OC)cc2)cc1. The Balaban J connectivity index is 1.78. The third kappa shape index (κ3) is 4.16. The van der Waals surface area contributed by atoms with Gasteiger partial charge >= 0.3 is 6.01 Å². The second-order valence-corrected chi connectivity index (χ2v) is 6.16. The molecule has 4 rings (SSSR count). The van der Waals surface area contributed by atoms with Crippen molar-refractivity contribution in [2.24, 2.45) is 0 Å². The molecular formula is C23H19N3O3. The van der Waals surface area contributed by atoms with Gasteiger partial charge in [-0.2, -0.15) is 4.98 Å². The van der Waals surface area contributed by atoms with E-state index in [1.54, 1.807) is 14.2 Å². The van der Waals surface area contributed by atoms with Crippen LogP contribution in [0.3, 0.4) is 0 Å². The molecule has 4 aromatic rings. The number of nitrogens with zero attached hydrogens (tertiary/aromatic N) is 3. The van der Waals surface area contributed by atoms with E-state index in [9.17, 15) is 0 Å². The molecule has 0 aliphatic carbocycles. The molecule has 0 aliphatic heterocycles. The molecule has 3 aromatic carbocycles. The smallest absolute Gasteiger partial charge is 0.341 e. The summed E-state index contributed by atoms with van der Waals surface area (Å²) in [6, 6.07) is 24.8. The van der Waals surface area contributed by atoms with Crippen LogP contribution in [0, 0.1) is 0 Å². The molecule has 29 heavy (non-hydrogen) atoms. The van der Waals surface area contributed by atoms with Gasteiger partial charge in [-0.3, -0.25) is 0 Å². The largest absolute Gasteiger partial charge is 0.497 e. The fourth-order valence-electron chi connectivity index (χ4n) is 2.84. The first-order chi connectivity index (χ1) is 14.3. The number of methoxy groups -OCH3 is 2. The van der Waals surface area contributed by atoms with Crippen LogP contribution in [0.5, 0.6) is 23.3 Å². The van der Waals surface area contributed by atoms with Gasteiger partial charge in [0.15, 0.2) is 0 Å². The molecule has 0 amide bonds. The molecule has 6 nitrogen and oxygen atoms in total. The third-order valence-electron chi connectivity index (χ3n) is 4.35. The second kappa shape index (κ2) is 8.39. The zero-order chi connectivity index (χ0) is 20.1. The van der Waals surface area contributed by atoms with Crippen molar-refractivity contribution in [3.63, 3.8) is 0 Å². The van der Waals surface area contributed by atoms with Crippen LogP contribution < -0.4 is 14.2 Å².